The highest BCUT2D eigenvalue weighted by Gasteiger charge is 2.30. The lowest BCUT2D eigenvalue weighted by Crippen LogP contribution is -2.34. The molecule has 0 spiro atoms. The Hall–Kier alpha value is -1.06. The van der Waals surface area contributed by atoms with Crippen LogP contribution in [-0.4, -0.2) is 23.9 Å². The summed E-state index contributed by atoms with van der Waals surface area (Å²) in [5.74, 6) is 0.669. The minimum absolute atomic E-state index is 0.0271. The van der Waals surface area contributed by atoms with Crippen molar-refractivity contribution in [3.63, 3.8) is 0 Å². The van der Waals surface area contributed by atoms with Gasteiger partial charge in [0.1, 0.15) is 0 Å². The van der Waals surface area contributed by atoms with E-state index in [1.165, 1.54) is 12.8 Å². The van der Waals surface area contributed by atoms with Crippen LogP contribution >= 0.6 is 11.6 Å². The van der Waals surface area contributed by atoms with Crippen LogP contribution in [0.5, 0.6) is 0 Å². The van der Waals surface area contributed by atoms with Gasteiger partial charge in [-0.25, -0.2) is 0 Å². The van der Waals surface area contributed by atoms with E-state index in [1.807, 2.05) is 31.3 Å². The quantitative estimate of drug-likeness (QED) is 0.890. The molecule has 0 bridgehead atoms. The standard InChI is InChI=1S/C14H19ClN2O/c1-17(9-10-3-2-4-12(15)7-10)14(18)8-13(16)11-5-6-11/h2-4,7,11,13H,5-6,8-9,16H2,1H3. The summed E-state index contributed by atoms with van der Waals surface area (Å²) < 4.78 is 0. The highest BCUT2D eigenvalue weighted by molar-refractivity contribution is 6.30. The zero-order valence-electron chi connectivity index (χ0n) is 10.6. The molecular formula is C14H19ClN2O. The number of hydrogen-bond acceptors (Lipinski definition) is 2. The maximum atomic E-state index is 12.0. The second-order valence-electron chi connectivity index (χ2n) is 5.09. The summed E-state index contributed by atoms with van der Waals surface area (Å²) in [5.41, 5.74) is 7.01. The van der Waals surface area contributed by atoms with Crippen LogP contribution < -0.4 is 5.73 Å². The zero-order chi connectivity index (χ0) is 13.1. The van der Waals surface area contributed by atoms with Crippen molar-refractivity contribution in [2.45, 2.75) is 31.8 Å². The third-order valence-electron chi connectivity index (χ3n) is 3.37. The molecule has 4 heteroatoms. The summed E-state index contributed by atoms with van der Waals surface area (Å²) in [6.07, 6.45) is 2.79. The number of nitrogens with two attached hydrogens (primary N) is 1. The number of amides is 1. The van der Waals surface area contributed by atoms with Crippen molar-refractivity contribution >= 4 is 17.5 Å². The van der Waals surface area contributed by atoms with Gasteiger partial charge in [0.25, 0.3) is 0 Å². The lowest BCUT2D eigenvalue weighted by Gasteiger charge is -2.19. The summed E-state index contributed by atoms with van der Waals surface area (Å²) in [7, 11) is 1.81. The number of carbonyl (C=O) groups is 1. The molecule has 98 valence electrons. The highest BCUT2D eigenvalue weighted by Crippen LogP contribution is 2.33. The molecule has 0 saturated heterocycles. The molecule has 1 fully saturated rings. The number of rotatable bonds is 5. The zero-order valence-corrected chi connectivity index (χ0v) is 11.4. The van der Waals surface area contributed by atoms with E-state index in [0.717, 1.165) is 5.56 Å². The fourth-order valence-electron chi connectivity index (χ4n) is 2.05. The first-order valence-electron chi connectivity index (χ1n) is 6.30. The van der Waals surface area contributed by atoms with Crippen LogP contribution in [0, 0.1) is 5.92 Å². The number of benzene rings is 1. The molecule has 1 amide bonds. The van der Waals surface area contributed by atoms with E-state index < -0.39 is 0 Å². The molecule has 2 rings (SSSR count). The van der Waals surface area contributed by atoms with Crippen molar-refractivity contribution in [1.29, 1.82) is 0 Å². The molecule has 1 saturated carbocycles. The number of carbonyl (C=O) groups excluding carboxylic acids is 1. The molecular weight excluding hydrogens is 248 g/mol. The van der Waals surface area contributed by atoms with Crippen molar-refractivity contribution in [3.05, 3.63) is 34.9 Å². The number of hydrogen-bond donors (Lipinski definition) is 1. The van der Waals surface area contributed by atoms with E-state index in [1.54, 1.807) is 4.90 Å². The predicted molar refractivity (Wildman–Crippen MR) is 73.2 cm³/mol. The van der Waals surface area contributed by atoms with Gasteiger partial charge in [0.05, 0.1) is 0 Å². The van der Waals surface area contributed by atoms with Crippen LogP contribution in [0.2, 0.25) is 5.02 Å². The monoisotopic (exact) mass is 266 g/mol. The molecule has 1 unspecified atom stereocenters. The van der Waals surface area contributed by atoms with Crippen LogP contribution in [0.3, 0.4) is 0 Å². The van der Waals surface area contributed by atoms with E-state index >= 15 is 0 Å². The second-order valence-corrected chi connectivity index (χ2v) is 5.52. The molecule has 1 aliphatic carbocycles. The first-order chi connectivity index (χ1) is 8.56. The van der Waals surface area contributed by atoms with Gasteiger partial charge in [-0.2, -0.15) is 0 Å². The van der Waals surface area contributed by atoms with Crippen LogP contribution in [0.1, 0.15) is 24.8 Å². The molecule has 18 heavy (non-hydrogen) atoms. The number of halogens is 1. The van der Waals surface area contributed by atoms with Crippen molar-refractivity contribution in [2.24, 2.45) is 11.7 Å². The third kappa shape index (κ3) is 3.72. The lowest BCUT2D eigenvalue weighted by atomic mass is 10.1. The molecule has 2 N–H and O–H groups in total. The molecule has 1 aliphatic rings. The Labute approximate surface area is 113 Å². The topological polar surface area (TPSA) is 46.3 Å². The Bertz CT molecular complexity index is 432. The summed E-state index contributed by atoms with van der Waals surface area (Å²) in [5, 5.41) is 0.697. The Morgan fingerprint density at radius 3 is 2.89 bits per heavy atom. The van der Waals surface area contributed by atoms with Crippen molar-refractivity contribution in [2.75, 3.05) is 7.05 Å². The maximum Gasteiger partial charge on any atom is 0.224 e. The SMILES string of the molecule is CN(Cc1cccc(Cl)c1)C(=O)CC(N)C1CC1. The average molecular weight is 267 g/mol. The lowest BCUT2D eigenvalue weighted by molar-refractivity contribution is -0.130. The van der Waals surface area contributed by atoms with E-state index in [0.29, 0.717) is 23.9 Å². The van der Waals surface area contributed by atoms with E-state index in [2.05, 4.69) is 0 Å². The highest BCUT2D eigenvalue weighted by atomic mass is 35.5. The maximum absolute atomic E-state index is 12.0. The molecule has 0 aliphatic heterocycles. The minimum Gasteiger partial charge on any atom is -0.341 e. The Morgan fingerprint density at radius 1 is 1.56 bits per heavy atom. The van der Waals surface area contributed by atoms with Gasteiger partial charge in [-0.3, -0.25) is 4.79 Å². The van der Waals surface area contributed by atoms with Gasteiger partial charge in [0.2, 0.25) is 5.91 Å². The minimum atomic E-state index is 0.0271. The normalized spacial score (nSPS) is 16.4. The van der Waals surface area contributed by atoms with Gasteiger partial charge >= 0.3 is 0 Å². The Kier molecular flexibility index (Phi) is 4.25. The fraction of sp³-hybridized carbons (Fsp3) is 0.500. The Morgan fingerprint density at radius 2 is 2.28 bits per heavy atom. The largest absolute Gasteiger partial charge is 0.341 e. The van der Waals surface area contributed by atoms with E-state index in [9.17, 15) is 4.79 Å². The smallest absolute Gasteiger partial charge is 0.224 e. The van der Waals surface area contributed by atoms with Gasteiger partial charge < -0.3 is 10.6 Å². The summed E-state index contributed by atoms with van der Waals surface area (Å²) >= 11 is 5.92. The Balaban J connectivity index is 1.86. The molecule has 3 nitrogen and oxygen atoms in total. The van der Waals surface area contributed by atoms with Gasteiger partial charge in [-0.15, -0.1) is 0 Å². The van der Waals surface area contributed by atoms with Crippen LogP contribution in [0.25, 0.3) is 0 Å². The van der Waals surface area contributed by atoms with Gasteiger partial charge in [0.15, 0.2) is 0 Å². The van der Waals surface area contributed by atoms with Crippen molar-refractivity contribution < 1.29 is 4.79 Å². The molecule has 1 atom stereocenters. The molecule has 1 aromatic carbocycles. The van der Waals surface area contributed by atoms with Crippen LogP contribution in [0.4, 0.5) is 0 Å². The third-order valence-corrected chi connectivity index (χ3v) is 3.61. The second kappa shape index (κ2) is 5.72. The molecule has 1 aromatic rings. The first kappa shape index (κ1) is 13.4. The van der Waals surface area contributed by atoms with Crippen molar-refractivity contribution in [3.8, 4) is 0 Å². The molecule has 0 aromatic heterocycles. The van der Waals surface area contributed by atoms with Crippen molar-refractivity contribution in [1.82, 2.24) is 4.90 Å². The van der Waals surface area contributed by atoms with Gasteiger partial charge in [0, 0.05) is 31.1 Å². The number of nitrogens with zero attached hydrogens (tertiary/aromatic N) is 1. The first-order valence-corrected chi connectivity index (χ1v) is 6.68. The van der Waals surface area contributed by atoms with Crippen LogP contribution in [0.15, 0.2) is 24.3 Å². The van der Waals surface area contributed by atoms with Gasteiger partial charge in [-0.05, 0) is 36.5 Å². The van der Waals surface area contributed by atoms with E-state index in [-0.39, 0.29) is 11.9 Å². The summed E-state index contributed by atoms with van der Waals surface area (Å²) in [6, 6.07) is 7.60. The fourth-order valence-corrected chi connectivity index (χ4v) is 2.26. The average Bonchev–Trinajstić information content (AvgIpc) is 3.12. The predicted octanol–water partition coefficient (Wildman–Crippen LogP) is 2.43. The summed E-state index contributed by atoms with van der Waals surface area (Å²) in [4.78, 5) is 13.7. The molecule has 0 heterocycles. The molecule has 0 radical (unpaired) electrons. The van der Waals surface area contributed by atoms with Gasteiger partial charge in [-0.1, -0.05) is 23.7 Å². The van der Waals surface area contributed by atoms with E-state index in [4.69, 9.17) is 17.3 Å². The van der Waals surface area contributed by atoms with Crippen LogP contribution in [-0.2, 0) is 11.3 Å². The summed E-state index contributed by atoms with van der Waals surface area (Å²) in [6.45, 7) is 0.580.